The minimum Gasteiger partial charge on any atom is -0.246 e. The molecule has 1 heterocycles. The van der Waals surface area contributed by atoms with Gasteiger partial charge in [0.05, 0.1) is 0 Å². The van der Waals surface area contributed by atoms with Crippen LogP contribution in [0.4, 0.5) is 0 Å². The predicted octanol–water partition coefficient (Wildman–Crippen LogP) is 2.10. The lowest BCUT2D eigenvalue weighted by atomic mass is 10.3. The van der Waals surface area contributed by atoms with Crippen LogP contribution in [-0.2, 0) is 0 Å². The van der Waals surface area contributed by atoms with E-state index in [0.29, 0.717) is 6.67 Å². The zero-order valence-electron chi connectivity index (χ0n) is 6.20. The highest BCUT2D eigenvalue weighted by atomic mass is 15.2. The van der Waals surface area contributed by atoms with Crippen molar-refractivity contribution in [3.63, 3.8) is 0 Å². The lowest BCUT2D eigenvalue weighted by Crippen LogP contribution is -1.66. The van der Waals surface area contributed by atoms with Crippen molar-refractivity contribution in [2.75, 3.05) is 6.67 Å². The van der Waals surface area contributed by atoms with Crippen LogP contribution in [0.1, 0.15) is 20.8 Å². The van der Waals surface area contributed by atoms with Gasteiger partial charge in [-0.25, -0.2) is 4.99 Å². The lowest BCUT2D eigenvalue weighted by Gasteiger charge is -1.79. The van der Waals surface area contributed by atoms with Crippen molar-refractivity contribution in [2.24, 2.45) is 21.1 Å². The molecule has 0 saturated carbocycles. The Hall–Kier alpha value is -0.730. The second kappa shape index (κ2) is 5.41. The molecule has 0 aliphatic carbocycles. The van der Waals surface area contributed by atoms with Crippen molar-refractivity contribution in [3.05, 3.63) is 0 Å². The van der Waals surface area contributed by atoms with E-state index in [9.17, 15) is 0 Å². The van der Waals surface area contributed by atoms with Gasteiger partial charge in [-0.2, -0.15) is 5.11 Å². The maximum atomic E-state index is 3.62. The first-order chi connectivity index (χ1) is 4.23. The predicted molar refractivity (Wildman–Crippen MR) is 38.7 cm³/mol. The molecule has 0 aromatic heterocycles. The summed E-state index contributed by atoms with van der Waals surface area (Å²) in [5, 5.41) is 6.90. The van der Waals surface area contributed by atoms with E-state index in [1.54, 1.807) is 0 Å². The van der Waals surface area contributed by atoms with E-state index < -0.39 is 0 Å². The number of rotatable bonds is 0. The van der Waals surface area contributed by atoms with Crippen LogP contribution in [0.3, 0.4) is 0 Å². The fraction of sp³-hybridized carbons (Fsp3) is 0.833. The summed E-state index contributed by atoms with van der Waals surface area (Å²) < 4.78 is 0. The zero-order valence-corrected chi connectivity index (χ0v) is 6.20. The summed E-state index contributed by atoms with van der Waals surface area (Å²) in [6.45, 7) is 7.03. The van der Waals surface area contributed by atoms with Gasteiger partial charge in [0.1, 0.15) is 6.34 Å². The normalized spacial score (nSPS) is 13.8. The molecule has 0 aromatic carbocycles. The SMILES string of the molecule is C1=NCN=N1.CC(C)C. The average molecular weight is 127 g/mol. The van der Waals surface area contributed by atoms with Crippen molar-refractivity contribution in [1.82, 2.24) is 0 Å². The van der Waals surface area contributed by atoms with Gasteiger partial charge in [0, 0.05) is 0 Å². The fourth-order valence-electron chi connectivity index (χ4n) is 0.183. The Morgan fingerprint density at radius 1 is 1.33 bits per heavy atom. The largest absolute Gasteiger partial charge is 0.246 e. The average Bonchev–Trinajstić information content (AvgIpc) is 2.11. The smallest absolute Gasteiger partial charge is 0.152 e. The fourth-order valence-corrected chi connectivity index (χ4v) is 0.183. The van der Waals surface area contributed by atoms with Gasteiger partial charge in [0.2, 0.25) is 0 Å². The summed E-state index contributed by atoms with van der Waals surface area (Å²) >= 11 is 0. The monoisotopic (exact) mass is 127 g/mol. The van der Waals surface area contributed by atoms with E-state index in [1.165, 1.54) is 6.34 Å². The van der Waals surface area contributed by atoms with E-state index >= 15 is 0 Å². The van der Waals surface area contributed by atoms with Crippen LogP contribution >= 0.6 is 0 Å². The van der Waals surface area contributed by atoms with Crippen LogP contribution < -0.4 is 0 Å². The van der Waals surface area contributed by atoms with Crippen LogP contribution in [0, 0.1) is 5.92 Å². The van der Waals surface area contributed by atoms with Crippen molar-refractivity contribution < 1.29 is 0 Å². The third-order valence-corrected chi connectivity index (χ3v) is 0.360. The molecule has 1 aliphatic rings. The maximum Gasteiger partial charge on any atom is 0.152 e. The molecule has 0 aromatic rings. The molecule has 1 aliphatic heterocycles. The lowest BCUT2D eigenvalue weighted by molar-refractivity contribution is 0.737. The van der Waals surface area contributed by atoms with Gasteiger partial charge in [-0.15, -0.1) is 5.11 Å². The highest BCUT2D eigenvalue weighted by Crippen LogP contribution is 1.81. The highest BCUT2D eigenvalue weighted by Gasteiger charge is 1.74. The Bertz CT molecular complexity index is 92.1. The van der Waals surface area contributed by atoms with Crippen molar-refractivity contribution in [3.8, 4) is 0 Å². The van der Waals surface area contributed by atoms with Gasteiger partial charge < -0.3 is 0 Å². The molecule has 3 heteroatoms. The molecular weight excluding hydrogens is 114 g/mol. The topological polar surface area (TPSA) is 37.1 Å². The molecule has 0 unspecified atom stereocenters. The molecule has 0 amide bonds. The van der Waals surface area contributed by atoms with Gasteiger partial charge >= 0.3 is 0 Å². The van der Waals surface area contributed by atoms with Gasteiger partial charge in [-0.05, 0) is 5.92 Å². The molecule has 0 radical (unpaired) electrons. The van der Waals surface area contributed by atoms with Crippen LogP contribution in [0.5, 0.6) is 0 Å². The molecule has 9 heavy (non-hydrogen) atoms. The molecule has 1 rings (SSSR count). The zero-order chi connectivity index (χ0) is 7.11. The number of nitrogens with zero attached hydrogens (tertiary/aromatic N) is 3. The number of aliphatic imine (C=N–C) groups is 1. The minimum absolute atomic E-state index is 0.528. The summed E-state index contributed by atoms with van der Waals surface area (Å²) in [5.41, 5.74) is 0. The first-order valence-electron chi connectivity index (χ1n) is 3.08. The van der Waals surface area contributed by atoms with Crippen molar-refractivity contribution in [1.29, 1.82) is 0 Å². The maximum absolute atomic E-state index is 3.62. The molecule has 0 fully saturated rings. The summed E-state index contributed by atoms with van der Waals surface area (Å²) in [4.78, 5) is 3.62. The van der Waals surface area contributed by atoms with Crippen molar-refractivity contribution in [2.45, 2.75) is 20.8 Å². The molecular formula is C6H13N3. The summed E-state index contributed by atoms with van der Waals surface area (Å²) in [5.74, 6) is 0.833. The van der Waals surface area contributed by atoms with E-state index in [4.69, 9.17) is 0 Å². The summed E-state index contributed by atoms with van der Waals surface area (Å²) in [6, 6.07) is 0. The van der Waals surface area contributed by atoms with Crippen LogP contribution in [0.2, 0.25) is 0 Å². The minimum atomic E-state index is 0.528. The van der Waals surface area contributed by atoms with Crippen LogP contribution in [0.25, 0.3) is 0 Å². The Morgan fingerprint density at radius 2 is 1.89 bits per heavy atom. The van der Waals surface area contributed by atoms with Gasteiger partial charge in [-0.1, -0.05) is 20.8 Å². The number of hydrogen-bond donors (Lipinski definition) is 0. The summed E-state index contributed by atoms with van der Waals surface area (Å²) in [7, 11) is 0. The van der Waals surface area contributed by atoms with E-state index in [2.05, 4.69) is 36.0 Å². The van der Waals surface area contributed by atoms with Crippen molar-refractivity contribution >= 4 is 6.34 Å². The Morgan fingerprint density at radius 3 is 2.00 bits per heavy atom. The second-order valence-corrected chi connectivity index (χ2v) is 2.43. The van der Waals surface area contributed by atoms with Gasteiger partial charge in [0.25, 0.3) is 0 Å². The van der Waals surface area contributed by atoms with Gasteiger partial charge in [0.15, 0.2) is 6.67 Å². The number of hydrogen-bond acceptors (Lipinski definition) is 3. The molecule has 0 saturated heterocycles. The molecule has 0 N–H and O–H groups in total. The molecule has 0 spiro atoms. The van der Waals surface area contributed by atoms with Gasteiger partial charge in [-0.3, -0.25) is 0 Å². The van der Waals surface area contributed by atoms with E-state index in [1.807, 2.05) is 0 Å². The van der Waals surface area contributed by atoms with E-state index in [-0.39, 0.29) is 0 Å². The highest BCUT2D eigenvalue weighted by molar-refractivity contribution is 5.55. The molecule has 52 valence electrons. The molecule has 0 atom stereocenters. The Kier molecular flexibility index (Phi) is 4.97. The summed E-state index contributed by atoms with van der Waals surface area (Å²) in [6.07, 6.45) is 1.44. The second-order valence-electron chi connectivity index (χ2n) is 2.43. The Labute approximate surface area is 55.9 Å². The van der Waals surface area contributed by atoms with Crippen LogP contribution in [-0.4, -0.2) is 13.0 Å². The number of azo groups is 1. The van der Waals surface area contributed by atoms with E-state index in [0.717, 1.165) is 5.92 Å². The first kappa shape index (κ1) is 8.27. The molecule has 3 nitrogen and oxygen atoms in total. The third-order valence-electron chi connectivity index (χ3n) is 0.360. The quantitative estimate of drug-likeness (QED) is 0.478. The standard InChI is InChI=1S/C4H10.C2H3N3/c1-4(2)3;1-3-2-5-4-1/h4H,1-3H3;1H,2H2. The third kappa shape index (κ3) is 11.1. The van der Waals surface area contributed by atoms with Crippen LogP contribution in [0.15, 0.2) is 15.2 Å². The first-order valence-corrected chi connectivity index (χ1v) is 3.08. The molecule has 0 bridgehead atoms. The Balaban J connectivity index is 0.000000148.